The average Bonchev–Trinajstić information content (AvgIpc) is 2.57. The first-order chi connectivity index (χ1) is 6.68. The van der Waals surface area contributed by atoms with E-state index in [2.05, 4.69) is 0 Å². The normalized spacial score (nSPS) is 15.6. The first-order valence-electron chi connectivity index (χ1n) is 4.51. The summed E-state index contributed by atoms with van der Waals surface area (Å²) < 4.78 is 10.5. The molecule has 0 aromatic heterocycles. The van der Waals surface area contributed by atoms with E-state index < -0.39 is 0 Å². The molecule has 1 aliphatic heterocycles. The average molecular weight is 214 g/mol. The minimum atomic E-state index is 0.0906. The highest BCUT2D eigenvalue weighted by Gasteiger charge is 2.19. The van der Waals surface area contributed by atoms with Crippen molar-refractivity contribution in [3.05, 3.63) is 22.7 Å². The van der Waals surface area contributed by atoms with Crippen LogP contribution in [0.15, 0.2) is 12.1 Å². The Morgan fingerprint density at radius 3 is 3.00 bits per heavy atom. The van der Waals surface area contributed by atoms with Crippen LogP contribution in [0.1, 0.15) is 12.5 Å². The molecule has 2 N–H and O–H groups in total. The summed E-state index contributed by atoms with van der Waals surface area (Å²) in [5.74, 6) is 1.35. The fraction of sp³-hybridized carbons (Fsp3) is 0.400. The lowest BCUT2D eigenvalue weighted by Gasteiger charge is -2.08. The zero-order valence-electron chi connectivity index (χ0n) is 7.92. The largest absolute Gasteiger partial charge is 0.454 e. The van der Waals surface area contributed by atoms with Crippen LogP contribution < -0.4 is 15.2 Å². The highest BCUT2D eigenvalue weighted by molar-refractivity contribution is 6.33. The van der Waals surface area contributed by atoms with Gasteiger partial charge in [0.15, 0.2) is 11.5 Å². The minimum Gasteiger partial charge on any atom is -0.454 e. The van der Waals surface area contributed by atoms with Gasteiger partial charge in [-0.05, 0) is 25.0 Å². The van der Waals surface area contributed by atoms with Crippen molar-refractivity contribution in [1.82, 2.24) is 0 Å². The zero-order valence-corrected chi connectivity index (χ0v) is 8.67. The van der Waals surface area contributed by atoms with E-state index in [4.69, 9.17) is 26.8 Å². The second-order valence-electron chi connectivity index (χ2n) is 3.45. The van der Waals surface area contributed by atoms with E-state index in [0.29, 0.717) is 16.5 Å². The van der Waals surface area contributed by atoms with Crippen molar-refractivity contribution in [2.45, 2.75) is 19.4 Å². The maximum absolute atomic E-state index is 6.14. The lowest BCUT2D eigenvalue weighted by Crippen LogP contribution is -2.17. The van der Waals surface area contributed by atoms with Crippen molar-refractivity contribution in [3.63, 3.8) is 0 Å². The number of ether oxygens (including phenoxy) is 2. The second kappa shape index (κ2) is 3.67. The number of rotatable bonds is 2. The molecule has 0 bridgehead atoms. The number of benzene rings is 1. The Balaban J connectivity index is 2.35. The summed E-state index contributed by atoms with van der Waals surface area (Å²) in [6, 6.07) is 3.89. The molecule has 4 heteroatoms. The van der Waals surface area contributed by atoms with Gasteiger partial charge in [-0.2, -0.15) is 0 Å². The molecule has 0 aliphatic carbocycles. The first-order valence-corrected chi connectivity index (χ1v) is 4.89. The molecule has 0 amide bonds. The van der Waals surface area contributed by atoms with E-state index in [1.165, 1.54) is 0 Å². The van der Waals surface area contributed by atoms with Crippen molar-refractivity contribution >= 4 is 11.6 Å². The third-order valence-electron chi connectivity index (χ3n) is 2.10. The summed E-state index contributed by atoms with van der Waals surface area (Å²) in [4.78, 5) is 0. The van der Waals surface area contributed by atoms with E-state index in [-0.39, 0.29) is 12.8 Å². The SMILES string of the molecule is CC(N)Cc1ccc2c(c1Cl)OCO2. The van der Waals surface area contributed by atoms with Crippen molar-refractivity contribution in [3.8, 4) is 11.5 Å². The van der Waals surface area contributed by atoms with Crippen LogP contribution >= 0.6 is 11.6 Å². The van der Waals surface area contributed by atoms with Gasteiger partial charge in [0.2, 0.25) is 6.79 Å². The molecule has 0 spiro atoms. The summed E-state index contributed by atoms with van der Waals surface area (Å²) >= 11 is 6.14. The molecule has 1 aliphatic rings. The molecule has 0 saturated heterocycles. The highest BCUT2D eigenvalue weighted by Crippen LogP contribution is 2.40. The van der Waals surface area contributed by atoms with Gasteiger partial charge >= 0.3 is 0 Å². The van der Waals surface area contributed by atoms with Crippen LogP contribution in [0, 0.1) is 0 Å². The van der Waals surface area contributed by atoms with Gasteiger partial charge in [0.1, 0.15) is 0 Å². The molecule has 0 radical (unpaired) electrons. The molecule has 1 unspecified atom stereocenters. The molecule has 0 saturated carbocycles. The van der Waals surface area contributed by atoms with Gasteiger partial charge in [0, 0.05) is 6.04 Å². The van der Waals surface area contributed by atoms with Crippen molar-refractivity contribution in [2.24, 2.45) is 5.73 Å². The predicted octanol–water partition coefficient (Wildman–Crippen LogP) is 1.96. The lowest BCUT2D eigenvalue weighted by molar-refractivity contribution is 0.174. The van der Waals surface area contributed by atoms with Crippen LogP contribution in [0.4, 0.5) is 0 Å². The fourth-order valence-corrected chi connectivity index (χ4v) is 1.77. The number of nitrogens with two attached hydrogens (primary N) is 1. The molecule has 3 nitrogen and oxygen atoms in total. The molecule has 1 heterocycles. The quantitative estimate of drug-likeness (QED) is 0.817. The van der Waals surface area contributed by atoms with Crippen LogP contribution in [-0.2, 0) is 6.42 Å². The number of hydrogen-bond donors (Lipinski definition) is 1. The summed E-state index contributed by atoms with van der Waals surface area (Å²) in [5.41, 5.74) is 6.71. The second-order valence-corrected chi connectivity index (χ2v) is 3.83. The number of halogens is 1. The summed E-state index contributed by atoms with van der Waals surface area (Å²) in [7, 11) is 0. The lowest BCUT2D eigenvalue weighted by atomic mass is 10.1. The molecule has 1 aromatic carbocycles. The summed E-state index contributed by atoms with van der Waals surface area (Å²) in [6.45, 7) is 2.19. The molecule has 2 rings (SSSR count). The number of fused-ring (bicyclic) bond motifs is 1. The monoisotopic (exact) mass is 213 g/mol. The van der Waals surface area contributed by atoms with Gasteiger partial charge in [-0.1, -0.05) is 17.7 Å². The molecular weight excluding hydrogens is 202 g/mol. The van der Waals surface area contributed by atoms with E-state index in [1.807, 2.05) is 19.1 Å². The van der Waals surface area contributed by atoms with E-state index in [0.717, 1.165) is 12.0 Å². The predicted molar refractivity (Wildman–Crippen MR) is 54.9 cm³/mol. The Bertz CT molecular complexity index is 352. The standard InChI is InChI=1S/C10H12ClNO2/c1-6(12)4-7-2-3-8-10(9(7)11)14-5-13-8/h2-3,6H,4-5,12H2,1H3. The van der Waals surface area contributed by atoms with Gasteiger partial charge < -0.3 is 15.2 Å². The van der Waals surface area contributed by atoms with Gasteiger partial charge in [-0.15, -0.1) is 0 Å². The fourth-order valence-electron chi connectivity index (χ4n) is 1.48. The van der Waals surface area contributed by atoms with Crippen LogP contribution in [0.2, 0.25) is 5.02 Å². The third-order valence-corrected chi connectivity index (χ3v) is 2.51. The zero-order chi connectivity index (χ0) is 10.1. The molecule has 14 heavy (non-hydrogen) atoms. The molecule has 1 atom stereocenters. The maximum atomic E-state index is 6.14. The Morgan fingerprint density at radius 2 is 2.29 bits per heavy atom. The Labute approximate surface area is 87.8 Å². The highest BCUT2D eigenvalue weighted by atomic mass is 35.5. The smallest absolute Gasteiger partial charge is 0.231 e. The minimum absolute atomic E-state index is 0.0906. The van der Waals surface area contributed by atoms with Gasteiger partial charge in [-0.3, -0.25) is 0 Å². The number of hydrogen-bond acceptors (Lipinski definition) is 3. The molecular formula is C10H12ClNO2. The maximum Gasteiger partial charge on any atom is 0.231 e. The van der Waals surface area contributed by atoms with Crippen molar-refractivity contribution < 1.29 is 9.47 Å². The van der Waals surface area contributed by atoms with Crippen LogP contribution in [0.25, 0.3) is 0 Å². The Morgan fingerprint density at radius 1 is 1.50 bits per heavy atom. The van der Waals surface area contributed by atoms with E-state index >= 15 is 0 Å². The van der Waals surface area contributed by atoms with Crippen LogP contribution in [-0.4, -0.2) is 12.8 Å². The molecule has 76 valence electrons. The van der Waals surface area contributed by atoms with E-state index in [9.17, 15) is 0 Å². The third kappa shape index (κ3) is 1.65. The topological polar surface area (TPSA) is 44.5 Å². The Hall–Kier alpha value is -0.930. The molecule has 1 aromatic rings. The van der Waals surface area contributed by atoms with Crippen molar-refractivity contribution in [1.29, 1.82) is 0 Å². The van der Waals surface area contributed by atoms with Gasteiger partial charge in [-0.25, -0.2) is 0 Å². The van der Waals surface area contributed by atoms with E-state index in [1.54, 1.807) is 0 Å². The van der Waals surface area contributed by atoms with Crippen molar-refractivity contribution in [2.75, 3.05) is 6.79 Å². The Kier molecular flexibility index (Phi) is 2.52. The van der Waals surface area contributed by atoms with Gasteiger partial charge in [0.25, 0.3) is 0 Å². The van der Waals surface area contributed by atoms with Crippen LogP contribution in [0.3, 0.4) is 0 Å². The molecule has 0 fully saturated rings. The summed E-state index contributed by atoms with van der Waals surface area (Å²) in [6.07, 6.45) is 0.746. The van der Waals surface area contributed by atoms with Crippen LogP contribution in [0.5, 0.6) is 11.5 Å². The summed E-state index contributed by atoms with van der Waals surface area (Å²) in [5, 5.41) is 0.623. The first kappa shape index (κ1) is 9.62. The van der Waals surface area contributed by atoms with Gasteiger partial charge in [0.05, 0.1) is 5.02 Å².